The van der Waals surface area contributed by atoms with E-state index in [1.807, 2.05) is 12.1 Å². The molecule has 5 heteroatoms. The van der Waals surface area contributed by atoms with Crippen LogP contribution < -0.4 is 0 Å². The molecule has 0 saturated heterocycles. The number of fused-ring (bicyclic) bond motifs is 9. The van der Waals surface area contributed by atoms with Gasteiger partial charge in [-0.15, -0.1) is 0 Å². The molecule has 0 amide bonds. The summed E-state index contributed by atoms with van der Waals surface area (Å²) in [6.45, 7) is 0. The first-order valence-electron chi connectivity index (χ1n) is 14.8. The van der Waals surface area contributed by atoms with Crippen molar-refractivity contribution in [3.63, 3.8) is 0 Å². The van der Waals surface area contributed by atoms with Gasteiger partial charge in [0, 0.05) is 38.0 Å². The molecular weight excluding hydrogens is 540 g/mol. The Labute approximate surface area is 251 Å². The number of aromatic nitrogens is 4. The molecule has 0 saturated carbocycles. The first kappa shape index (κ1) is 23.5. The summed E-state index contributed by atoms with van der Waals surface area (Å²) in [5, 5.41) is 7.13. The van der Waals surface area contributed by atoms with Crippen molar-refractivity contribution in [1.82, 2.24) is 18.7 Å². The van der Waals surface area contributed by atoms with Crippen LogP contribution in [0.2, 0.25) is 0 Å². The van der Waals surface area contributed by atoms with E-state index in [0.717, 1.165) is 50.4 Å². The fraction of sp³-hybridized carbons (Fsp3) is 0. The normalized spacial score (nSPS) is 12.1. The van der Waals surface area contributed by atoms with E-state index in [9.17, 15) is 0 Å². The molecule has 0 bridgehead atoms. The third-order valence-corrected chi connectivity index (χ3v) is 8.96. The highest BCUT2D eigenvalue weighted by atomic mass is 16.3. The summed E-state index contributed by atoms with van der Waals surface area (Å²) in [4.78, 5) is 5.25. The summed E-state index contributed by atoms with van der Waals surface area (Å²) in [7, 11) is 0. The predicted molar refractivity (Wildman–Crippen MR) is 180 cm³/mol. The van der Waals surface area contributed by atoms with E-state index in [0.29, 0.717) is 0 Å². The SMILES string of the molecule is c1cc(-n2c3ccccc3c3cc(-n4c5ccccc5c5ccccc54)ccc32)nc(-n2c3ccccc3c3ccoc32)c1. The van der Waals surface area contributed by atoms with Crippen LogP contribution >= 0.6 is 0 Å². The van der Waals surface area contributed by atoms with E-state index in [1.54, 1.807) is 6.26 Å². The van der Waals surface area contributed by atoms with Gasteiger partial charge in [0.15, 0.2) is 0 Å². The van der Waals surface area contributed by atoms with Gasteiger partial charge in [-0.1, -0.05) is 78.9 Å². The highest BCUT2D eigenvalue weighted by molar-refractivity contribution is 6.12. The van der Waals surface area contributed by atoms with Crippen LogP contribution in [0, 0.1) is 0 Å². The molecule has 0 unspecified atom stereocenters. The van der Waals surface area contributed by atoms with Crippen molar-refractivity contribution in [1.29, 1.82) is 0 Å². The van der Waals surface area contributed by atoms with E-state index in [4.69, 9.17) is 9.40 Å². The molecule has 0 aliphatic carbocycles. The van der Waals surface area contributed by atoms with Crippen LogP contribution in [0.5, 0.6) is 0 Å². The molecular formula is C39H24N4O. The average molecular weight is 565 g/mol. The lowest BCUT2D eigenvalue weighted by atomic mass is 10.1. The largest absolute Gasteiger partial charge is 0.447 e. The van der Waals surface area contributed by atoms with Crippen molar-refractivity contribution in [3.05, 3.63) is 146 Å². The van der Waals surface area contributed by atoms with Crippen molar-refractivity contribution in [2.45, 2.75) is 0 Å². The van der Waals surface area contributed by atoms with Gasteiger partial charge in [-0.3, -0.25) is 9.13 Å². The molecule has 0 spiro atoms. The van der Waals surface area contributed by atoms with E-state index < -0.39 is 0 Å². The molecule has 44 heavy (non-hydrogen) atoms. The van der Waals surface area contributed by atoms with Gasteiger partial charge in [-0.05, 0) is 60.7 Å². The van der Waals surface area contributed by atoms with Crippen LogP contribution in [-0.4, -0.2) is 18.7 Å². The standard InChI is InChI=1S/C39H24N4O/c1-5-14-32-26(10-1)27-11-2-6-15-33(27)41(32)25-20-21-36-31(24-25)29-13-4-7-16-34(29)42(36)37-18-9-19-38(40-37)43-35-17-8-3-12-28(35)30-22-23-44-39(30)43/h1-24H. The fourth-order valence-electron chi connectivity index (χ4n) is 7.12. The zero-order valence-corrected chi connectivity index (χ0v) is 23.6. The quantitative estimate of drug-likeness (QED) is 0.214. The van der Waals surface area contributed by atoms with Crippen LogP contribution in [-0.2, 0) is 0 Å². The minimum atomic E-state index is 0.800. The molecule has 5 aromatic heterocycles. The zero-order chi connectivity index (χ0) is 28.8. The van der Waals surface area contributed by atoms with Gasteiger partial charge < -0.3 is 8.98 Å². The average Bonchev–Trinajstić information content (AvgIpc) is 3.83. The van der Waals surface area contributed by atoms with Gasteiger partial charge in [0.25, 0.3) is 0 Å². The Morgan fingerprint density at radius 1 is 0.386 bits per heavy atom. The Kier molecular flexibility index (Phi) is 4.66. The smallest absolute Gasteiger partial charge is 0.213 e. The van der Waals surface area contributed by atoms with Gasteiger partial charge in [0.1, 0.15) is 11.6 Å². The number of hydrogen-bond donors (Lipinski definition) is 0. The van der Waals surface area contributed by atoms with Crippen LogP contribution in [0.25, 0.3) is 82.9 Å². The molecule has 0 atom stereocenters. The molecule has 10 rings (SSSR count). The molecule has 5 nitrogen and oxygen atoms in total. The van der Waals surface area contributed by atoms with Gasteiger partial charge in [-0.25, -0.2) is 4.98 Å². The third-order valence-electron chi connectivity index (χ3n) is 8.96. The molecule has 5 heterocycles. The zero-order valence-electron chi connectivity index (χ0n) is 23.6. The number of benzene rings is 5. The van der Waals surface area contributed by atoms with Crippen molar-refractivity contribution in [2.24, 2.45) is 0 Å². The Morgan fingerprint density at radius 3 is 1.55 bits per heavy atom. The van der Waals surface area contributed by atoms with Gasteiger partial charge >= 0.3 is 0 Å². The number of rotatable bonds is 3. The van der Waals surface area contributed by atoms with Gasteiger partial charge in [0.05, 0.1) is 33.8 Å². The second-order valence-electron chi connectivity index (χ2n) is 11.3. The van der Waals surface area contributed by atoms with Crippen LogP contribution in [0.4, 0.5) is 0 Å². The van der Waals surface area contributed by atoms with Crippen molar-refractivity contribution in [2.75, 3.05) is 0 Å². The molecule has 0 N–H and O–H groups in total. The van der Waals surface area contributed by atoms with E-state index in [1.165, 1.54) is 32.6 Å². The first-order chi connectivity index (χ1) is 21.8. The number of hydrogen-bond acceptors (Lipinski definition) is 2. The maximum absolute atomic E-state index is 5.98. The molecule has 0 aliphatic heterocycles. The third kappa shape index (κ3) is 3.10. The summed E-state index contributed by atoms with van der Waals surface area (Å²) in [6, 6.07) is 49.3. The molecule has 0 aliphatic rings. The summed E-state index contributed by atoms with van der Waals surface area (Å²) in [5.41, 5.74) is 7.65. The summed E-state index contributed by atoms with van der Waals surface area (Å²) in [5.74, 6) is 1.67. The Hall–Kier alpha value is -6.07. The number of para-hydroxylation sites is 4. The Morgan fingerprint density at radius 2 is 0.886 bits per heavy atom. The minimum Gasteiger partial charge on any atom is -0.447 e. The molecule has 0 fully saturated rings. The minimum absolute atomic E-state index is 0.800. The number of nitrogens with zero attached hydrogens (tertiary/aromatic N) is 4. The lowest BCUT2D eigenvalue weighted by Crippen LogP contribution is -2.03. The van der Waals surface area contributed by atoms with Crippen LogP contribution in [0.3, 0.4) is 0 Å². The van der Waals surface area contributed by atoms with Crippen molar-refractivity contribution < 1.29 is 4.42 Å². The fourth-order valence-corrected chi connectivity index (χ4v) is 7.12. The summed E-state index contributed by atoms with van der Waals surface area (Å²) >= 11 is 0. The maximum Gasteiger partial charge on any atom is 0.213 e. The molecule has 206 valence electrons. The second kappa shape index (κ2) is 8.72. The van der Waals surface area contributed by atoms with Gasteiger partial charge in [-0.2, -0.15) is 0 Å². The summed E-state index contributed by atoms with van der Waals surface area (Å²) in [6.07, 6.45) is 1.75. The number of pyridine rings is 1. The maximum atomic E-state index is 5.98. The predicted octanol–water partition coefficient (Wildman–Crippen LogP) is 9.97. The monoisotopic (exact) mass is 564 g/mol. The van der Waals surface area contributed by atoms with Crippen molar-refractivity contribution in [3.8, 4) is 17.3 Å². The molecule has 5 aromatic carbocycles. The van der Waals surface area contributed by atoms with E-state index in [2.05, 4.69) is 141 Å². The highest BCUT2D eigenvalue weighted by Gasteiger charge is 2.19. The van der Waals surface area contributed by atoms with Crippen molar-refractivity contribution >= 4 is 65.6 Å². The Bertz CT molecular complexity index is 2680. The van der Waals surface area contributed by atoms with Crippen LogP contribution in [0.15, 0.2) is 150 Å². The second-order valence-corrected chi connectivity index (χ2v) is 11.3. The Balaban J connectivity index is 1.22. The van der Waals surface area contributed by atoms with Crippen LogP contribution in [0.1, 0.15) is 0 Å². The molecule has 10 aromatic rings. The highest BCUT2D eigenvalue weighted by Crippen LogP contribution is 2.37. The van der Waals surface area contributed by atoms with Gasteiger partial charge in [0.2, 0.25) is 5.71 Å². The van der Waals surface area contributed by atoms with E-state index in [-0.39, 0.29) is 0 Å². The first-order valence-corrected chi connectivity index (χ1v) is 14.8. The van der Waals surface area contributed by atoms with E-state index >= 15 is 0 Å². The number of furan rings is 1. The topological polar surface area (TPSA) is 40.8 Å². The lowest BCUT2D eigenvalue weighted by molar-refractivity contribution is 0.594. The summed E-state index contributed by atoms with van der Waals surface area (Å²) < 4.78 is 12.7. The molecule has 0 radical (unpaired) electrons. The lowest BCUT2D eigenvalue weighted by Gasteiger charge is -2.11.